The van der Waals surface area contributed by atoms with Crippen LogP contribution >= 0.6 is 11.6 Å². The largest absolute Gasteiger partial charge is 0.478 e. The van der Waals surface area contributed by atoms with Crippen molar-refractivity contribution in [2.75, 3.05) is 6.54 Å². The number of halogens is 1. The Labute approximate surface area is 215 Å². The Morgan fingerprint density at radius 1 is 0.861 bits per heavy atom. The van der Waals surface area contributed by atoms with E-state index in [1.807, 2.05) is 36.4 Å². The van der Waals surface area contributed by atoms with Crippen LogP contribution in [0.1, 0.15) is 55.6 Å². The summed E-state index contributed by atoms with van der Waals surface area (Å²) in [6.07, 6.45) is 0.677. The summed E-state index contributed by atoms with van der Waals surface area (Å²) < 4.78 is 0. The maximum Gasteiger partial charge on any atom is 0.338 e. The Morgan fingerprint density at radius 3 is 2.00 bits per heavy atom. The van der Waals surface area contributed by atoms with E-state index in [9.17, 15) is 14.7 Å². The average molecular weight is 499 g/mol. The van der Waals surface area contributed by atoms with Crippen LogP contribution in [-0.2, 0) is 0 Å². The third-order valence-corrected chi connectivity index (χ3v) is 6.47. The van der Waals surface area contributed by atoms with Crippen molar-refractivity contribution < 1.29 is 14.7 Å². The molecule has 1 heterocycles. The summed E-state index contributed by atoms with van der Waals surface area (Å²) in [4.78, 5) is 30.1. The lowest BCUT2D eigenvalue weighted by atomic mass is 9.88. The molecule has 0 saturated heterocycles. The van der Waals surface area contributed by atoms with Gasteiger partial charge in [0.05, 0.1) is 22.5 Å². The number of hydrogen-bond acceptors (Lipinski definition) is 3. The Morgan fingerprint density at radius 2 is 1.44 bits per heavy atom. The van der Waals surface area contributed by atoms with Gasteiger partial charge in [-0.3, -0.25) is 9.78 Å². The van der Waals surface area contributed by atoms with Crippen LogP contribution in [0.25, 0.3) is 11.1 Å². The number of amides is 1. The van der Waals surface area contributed by atoms with Crippen LogP contribution in [0.4, 0.5) is 0 Å². The number of carboxylic acid groups (broad SMARTS) is 1. The van der Waals surface area contributed by atoms with Crippen LogP contribution in [0.5, 0.6) is 0 Å². The Balaban J connectivity index is 1.66. The summed E-state index contributed by atoms with van der Waals surface area (Å²) in [5, 5.41) is 13.4. The van der Waals surface area contributed by atoms with Gasteiger partial charge in [-0.25, -0.2) is 4.79 Å². The molecule has 4 aromatic rings. The van der Waals surface area contributed by atoms with Gasteiger partial charge in [-0.1, -0.05) is 84.4 Å². The van der Waals surface area contributed by atoms with E-state index < -0.39 is 5.97 Å². The van der Waals surface area contributed by atoms with Gasteiger partial charge in [-0.15, -0.1) is 0 Å². The highest BCUT2D eigenvalue weighted by molar-refractivity contribution is 6.31. The van der Waals surface area contributed by atoms with E-state index in [0.717, 1.165) is 0 Å². The Kier molecular flexibility index (Phi) is 7.81. The second kappa shape index (κ2) is 11.2. The van der Waals surface area contributed by atoms with Crippen LogP contribution < -0.4 is 5.32 Å². The smallest absolute Gasteiger partial charge is 0.338 e. The van der Waals surface area contributed by atoms with Crippen LogP contribution in [0.15, 0.2) is 84.9 Å². The molecule has 0 saturated carbocycles. The van der Waals surface area contributed by atoms with E-state index >= 15 is 0 Å². The van der Waals surface area contributed by atoms with Crippen molar-refractivity contribution in [3.05, 3.63) is 124 Å². The highest BCUT2D eigenvalue weighted by atomic mass is 35.5. The van der Waals surface area contributed by atoms with Crippen molar-refractivity contribution in [2.45, 2.75) is 26.2 Å². The number of carbonyl (C=O) groups excluding carboxylic acids is 1. The predicted octanol–water partition coefficient (Wildman–Crippen LogP) is 6.67. The standard InChI is InChI=1S/C30H27ClN2O3/c1-19-26(28(23-14-9-15-24(31)18-23)27(30(35)36)20(2)33-19)29(34)32-17-16-25(21-10-5-3-6-11-21)22-12-7-4-8-13-22/h3-15,18,25H,16-17H2,1-2H3,(H,32,34)(H,35,36). The second-order valence-electron chi connectivity index (χ2n) is 8.64. The van der Waals surface area contributed by atoms with Crippen LogP contribution in [0, 0.1) is 13.8 Å². The fraction of sp³-hybridized carbons (Fsp3) is 0.167. The van der Waals surface area contributed by atoms with Gasteiger partial charge < -0.3 is 10.4 Å². The lowest BCUT2D eigenvalue weighted by molar-refractivity contribution is 0.0696. The van der Waals surface area contributed by atoms with Gasteiger partial charge in [-0.2, -0.15) is 0 Å². The van der Waals surface area contributed by atoms with Crippen molar-refractivity contribution in [1.29, 1.82) is 0 Å². The summed E-state index contributed by atoms with van der Waals surface area (Å²) in [5.74, 6) is -1.40. The number of pyridine rings is 1. The summed E-state index contributed by atoms with van der Waals surface area (Å²) in [5.41, 5.74) is 4.28. The molecule has 3 aromatic carbocycles. The van der Waals surface area contributed by atoms with Gasteiger partial charge in [0.2, 0.25) is 0 Å². The molecular formula is C30H27ClN2O3. The first-order valence-corrected chi connectivity index (χ1v) is 12.1. The third kappa shape index (κ3) is 5.47. The zero-order valence-electron chi connectivity index (χ0n) is 20.2. The molecule has 6 heteroatoms. The van der Waals surface area contributed by atoms with Crippen molar-refractivity contribution in [2.24, 2.45) is 0 Å². The number of rotatable bonds is 8. The molecule has 0 unspecified atom stereocenters. The molecule has 0 radical (unpaired) electrons. The minimum Gasteiger partial charge on any atom is -0.478 e. The quantitative estimate of drug-likeness (QED) is 0.284. The van der Waals surface area contributed by atoms with Crippen molar-refractivity contribution in [3.8, 4) is 11.1 Å². The van der Waals surface area contributed by atoms with E-state index in [0.29, 0.717) is 40.5 Å². The Hall–Kier alpha value is -3.96. The van der Waals surface area contributed by atoms with Gasteiger partial charge in [0.25, 0.3) is 5.91 Å². The zero-order chi connectivity index (χ0) is 25.7. The van der Waals surface area contributed by atoms with Gasteiger partial charge in [-0.05, 0) is 49.1 Å². The second-order valence-corrected chi connectivity index (χ2v) is 9.08. The van der Waals surface area contributed by atoms with Gasteiger partial charge in [0.15, 0.2) is 0 Å². The summed E-state index contributed by atoms with van der Waals surface area (Å²) >= 11 is 6.21. The number of nitrogens with one attached hydrogen (secondary N) is 1. The third-order valence-electron chi connectivity index (χ3n) is 6.24. The van der Waals surface area contributed by atoms with Crippen molar-refractivity contribution in [1.82, 2.24) is 10.3 Å². The molecular weight excluding hydrogens is 472 g/mol. The molecule has 182 valence electrons. The SMILES string of the molecule is Cc1nc(C)c(C(=O)NCCC(c2ccccc2)c2ccccc2)c(-c2cccc(Cl)c2)c1C(=O)O. The fourth-order valence-electron chi connectivity index (χ4n) is 4.64. The van der Waals surface area contributed by atoms with Crippen LogP contribution in [0.2, 0.25) is 5.02 Å². The molecule has 0 bridgehead atoms. The topological polar surface area (TPSA) is 79.3 Å². The van der Waals surface area contributed by atoms with Crippen LogP contribution in [0.3, 0.4) is 0 Å². The van der Waals surface area contributed by atoms with Gasteiger partial charge in [0, 0.05) is 23.0 Å². The number of carboxylic acids is 1. The fourth-order valence-corrected chi connectivity index (χ4v) is 4.83. The predicted molar refractivity (Wildman–Crippen MR) is 143 cm³/mol. The number of aromatic nitrogens is 1. The molecule has 1 aromatic heterocycles. The molecule has 1 amide bonds. The maximum absolute atomic E-state index is 13.5. The van der Waals surface area contributed by atoms with Crippen molar-refractivity contribution in [3.63, 3.8) is 0 Å². The number of nitrogens with zero attached hydrogens (tertiary/aromatic N) is 1. The zero-order valence-corrected chi connectivity index (χ0v) is 20.9. The van der Waals surface area contributed by atoms with Gasteiger partial charge >= 0.3 is 5.97 Å². The molecule has 0 aliphatic rings. The molecule has 4 rings (SSSR count). The molecule has 5 nitrogen and oxygen atoms in total. The number of aryl methyl sites for hydroxylation is 2. The summed E-state index contributed by atoms with van der Waals surface area (Å²) in [6.45, 7) is 3.76. The summed E-state index contributed by atoms with van der Waals surface area (Å²) in [6, 6.07) is 27.2. The van der Waals surface area contributed by atoms with E-state index in [4.69, 9.17) is 11.6 Å². The van der Waals surface area contributed by atoms with E-state index in [1.54, 1.807) is 38.1 Å². The first kappa shape index (κ1) is 25.1. The normalized spacial score (nSPS) is 10.9. The number of benzene rings is 3. The monoisotopic (exact) mass is 498 g/mol. The molecule has 2 N–H and O–H groups in total. The van der Waals surface area contributed by atoms with E-state index in [-0.39, 0.29) is 23.0 Å². The molecule has 0 spiro atoms. The minimum atomic E-state index is -1.14. The van der Waals surface area contributed by atoms with Crippen molar-refractivity contribution >= 4 is 23.5 Å². The molecule has 36 heavy (non-hydrogen) atoms. The lowest BCUT2D eigenvalue weighted by Crippen LogP contribution is -2.28. The highest BCUT2D eigenvalue weighted by Crippen LogP contribution is 2.33. The van der Waals surface area contributed by atoms with E-state index in [1.165, 1.54) is 11.1 Å². The first-order valence-electron chi connectivity index (χ1n) is 11.7. The molecule has 0 aliphatic heterocycles. The highest BCUT2D eigenvalue weighted by Gasteiger charge is 2.26. The van der Waals surface area contributed by atoms with Crippen LogP contribution in [-0.4, -0.2) is 28.5 Å². The lowest BCUT2D eigenvalue weighted by Gasteiger charge is -2.20. The number of aromatic carboxylic acids is 1. The Bertz CT molecular complexity index is 1350. The first-order chi connectivity index (χ1) is 17.4. The molecule has 0 fully saturated rings. The number of hydrogen-bond donors (Lipinski definition) is 2. The molecule has 0 atom stereocenters. The minimum absolute atomic E-state index is 0.000496. The molecule has 0 aliphatic carbocycles. The average Bonchev–Trinajstić information content (AvgIpc) is 2.87. The summed E-state index contributed by atoms with van der Waals surface area (Å²) in [7, 11) is 0. The maximum atomic E-state index is 13.5. The number of carbonyl (C=O) groups is 2. The van der Waals surface area contributed by atoms with Gasteiger partial charge in [0.1, 0.15) is 0 Å². The van der Waals surface area contributed by atoms with E-state index in [2.05, 4.69) is 34.6 Å².